The van der Waals surface area contributed by atoms with Crippen molar-refractivity contribution in [2.24, 2.45) is 0 Å². The van der Waals surface area contributed by atoms with Gasteiger partial charge in [0, 0.05) is 49.5 Å². The number of anilines is 1. The average molecular weight is 511 g/mol. The summed E-state index contributed by atoms with van der Waals surface area (Å²) in [4.78, 5) is 22.1. The number of thiazole rings is 1. The Labute approximate surface area is 211 Å². The Morgan fingerprint density at radius 1 is 1.00 bits per heavy atom. The van der Waals surface area contributed by atoms with Gasteiger partial charge < -0.3 is 15.1 Å². The normalized spacial score (nSPS) is 14.8. The van der Waals surface area contributed by atoms with Crippen molar-refractivity contribution in [3.63, 3.8) is 0 Å². The molecule has 3 aromatic carbocycles. The van der Waals surface area contributed by atoms with Gasteiger partial charge in [-0.2, -0.15) is 13.2 Å². The van der Waals surface area contributed by atoms with E-state index in [0.29, 0.717) is 11.1 Å². The molecule has 4 aromatic rings. The second kappa shape index (κ2) is 9.91. The summed E-state index contributed by atoms with van der Waals surface area (Å²) in [6.45, 7) is 4.13. The second-order valence-electron chi connectivity index (χ2n) is 8.92. The van der Waals surface area contributed by atoms with Crippen LogP contribution in [0.4, 0.5) is 18.9 Å². The number of aromatic nitrogens is 1. The Hall–Kier alpha value is -3.43. The molecule has 1 N–H and O–H groups in total. The van der Waals surface area contributed by atoms with Gasteiger partial charge in [-0.25, -0.2) is 4.98 Å². The third-order valence-corrected chi connectivity index (χ3v) is 7.41. The number of fused-ring (bicyclic) bond motifs is 1. The lowest BCUT2D eigenvalue weighted by atomic mass is 10.1. The lowest BCUT2D eigenvalue weighted by molar-refractivity contribution is -0.137. The quantitative estimate of drug-likeness (QED) is 0.376. The number of amides is 1. The van der Waals surface area contributed by atoms with E-state index in [9.17, 15) is 18.0 Å². The van der Waals surface area contributed by atoms with Crippen LogP contribution in [0.15, 0.2) is 66.7 Å². The van der Waals surface area contributed by atoms with Gasteiger partial charge in [-0.3, -0.25) is 4.79 Å². The van der Waals surface area contributed by atoms with Crippen LogP contribution in [-0.4, -0.2) is 49.0 Å². The van der Waals surface area contributed by atoms with Crippen LogP contribution < -0.4 is 10.2 Å². The van der Waals surface area contributed by atoms with Gasteiger partial charge in [0.15, 0.2) is 0 Å². The number of benzene rings is 3. The molecule has 186 valence electrons. The molecule has 0 aliphatic carbocycles. The monoisotopic (exact) mass is 510 g/mol. The zero-order valence-corrected chi connectivity index (χ0v) is 20.5. The van der Waals surface area contributed by atoms with Crippen molar-refractivity contribution in [2.45, 2.75) is 12.7 Å². The molecular formula is C27H25F3N4OS. The minimum Gasteiger partial charge on any atom is -0.369 e. The molecule has 0 saturated carbocycles. The molecule has 0 atom stereocenters. The molecule has 1 aliphatic rings. The van der Waals surface area contributed by atoms with Crippen molar-refractivity contribution in [2.75, 3.05) is 38.1 Å². The minimum absolute atomic E-state index is 0.00832. The third-order valence-electron chi connectivity index (χ3n) is 6.34. The van der Waals surface area contributed by atoms with Crippen LogP contribution in [0.2, 0.25) is 0 Å². The predicted octanol–water partition coefficient (Wildman–Crippen LogP) is 5.66. The first kappa shape index (κ1) is 24.3. The fourth-order valence-corrected chi connectivity index (χ4v) is 5.22. The van der Waals surface area contributed by atoms with E-state index in [1.54, 1.807) is 24.3 Å². The van der Waals surface area contributed by atoms with Crippen LogP contribution in [0.1, 0.15) is 21.5 Å². The highest BCUT2D eigenvalue weighted by Crippen LogP contribution is 2.32. The molecule has 36 heavy (non-hydrogen) atoms. The van der Waals surface area contributed by atoms with Crippen molar-refractivity contribution in [1.82, 2.24) is 15.2 Å². The Balaban J connectivity index is 1.27. The maximum absolute atomic E-state index is 12.9. The molecule has 1 aromatic heterocycles. The molecule has 1 aliphatic heterocycles. The van der Waals surface area contributed by atoms with E-state index in [1.807, 2.05) is 0 Å². The number of nitrogens with zero attached hydrogens (tertiary/aromatic N) is 3. The second-order valence-corrected chi connectivity index (χ2v) is 9.95. The van der Waals surface area contributed by atoms with Gasteiger partial charge in [-0.15, -0.1) is 11.3 Å². The Morgan fingerprint density at radius 3 is 2.47 bits per heavy atom. The number of hydrogen-bond donors (Lipinski definition) is 1. The molecule has 0 unspecified atom stereocenters. The van der Waals surface area contributed by atoms with E-state index in [4.69, 9.17) is 4.98 Å². The summed E-state index contributed by atoms with van der Waals surface area (Å²) < 4.78 is 39.7. The molecule has 5 nitrogen and oxygen atoms in total. The van der Waals surface area contributed by atoms with Gasteiger partial charge >= 0.3 is 6.18 Å². The number of nitrogens with one attached hydrogen (secondary N) is 1. The topological polar surface area (TPSA) is 48.5 Å². The third kappa shape index (κ3) is 5.37. The van der Waals surface area contributed by atoms with Crippen LogP contribution in [0.3, 0.4) is 0 Å². The number of hydrogen-bond acceptors (Lipinski definition) is 5. The predicted molar refractivity (Wildman–Crippen MR) is 137 cm³/mol. The number of halogens is 3. The standard InChI is InChI=1S/C27H25F3N4OS/c1-33-11-13-34(14-12-33)22-8-5-19(6-9-22)26-32-23-10-7-20(16-24(23)36-26)25(35)31-17-18-3-2-4-21(15-18)27(28,29)30/h2-10,15-16H,11-14,17H2,1H3,(H,31,35). The van der Waals surface area contributed by atoms with Crippen molar-refractivity contribution in [1.29, 1.82) is 0 Å². The molecule has 1 fully saturated rings. The van der Waals surface area contributed by atoms with Crippen LogP contribution in [0.25, 0.3) is 20.8 Å². The molecule has 9 heteroatoms. The fourth-order valence-electron chi connectivity index (χ4n) is 4.21. The smallest absolute Gasteiger partial charge is 0.369 e. The summed E-state index contributed by atoms with van der Waals surface area (Å²) in [7, 11) is 2.14. The van der Waals surface area contributed by atoms with E-state index in [1.165, 1.54) is 23.1 Å². The van der Waals surface area contributed by atoms with Crippen LogP contribution in [0, 0.1) is 0 Å². The summed E-state index contributed by atoms with van der Waals surface area (Å²) in [5.74, 6) is -0.346. The molecular weight excluding hydrogens is 485 g/mol. The summed E-state index contributed by atoms with van der Waals surface area (Å²) in [5.41, 5.74) is 3.11. The highest BCUT2D eigenvalue weighted by molar-refractivity contribution is 7.21. The largest absolute Gasteiger partial charge is 0.416 e. The van der Waals surface area contributed by atoms with Gasteiger partial charge in [0.1, 0.15) is 5.01 Å². The van der Waals surface area contributed by atoms with Gasteiger partial charge in [0.25, 0.3) is 5.91 Å². The zero-order valence-electron chi connectivity index (χ0n) is 19.7. The zero-order chi connectivity index (χ0) is 25.3. The first-order valence-corrected chi connectivity index (χ1v) is 12.5. The number of carbonyl (C=O) groups excluding carboxylic acids is 1. The van der Waals surface area contributed by atoms with Crippen molar-refractivity contribution in [3.8, 4) is 10.6 Å². The minimum atomic E-state index is -4.42. The van der Waals surface area contributed by atoms with E-state index in [2.05, 4.69) is 46.4 Å². The molecule has 1 amide bonds. The summed E-state index contributed by atoms with van der Waals surface area (Å²) in [6, 6.07) is 18.6. The highest BCUT2D eigenvalue weighted by atomic mass is 32.1. The maximum Gasteiger partial charge on any atom is 0.416 e. The number of alkyl halides is 3. The highest BCUT2D eigenvalue weighted by Gasteiger charge is 2.30. The van der Waals surface area contributed by atoms with E-state index in [0.717, 1.165) is 59.1 Å². The number of piperazine rings is 1. The Bertz CT molecular complexity index is 1380. The lowest BCUT2D eigenvalue weighted by Gasteiger charge is -2.34. The van der Waals surface area contributed by atoms with Gasteiger partial charge in [-0.1, -0.05) is 12.1 Å². The molecule has 0 bridgehead atoms. The van der Waals surface area contributed by atoms with E-state index >= 15 is 0 Å². The summed E-state index contributed by atoms with van der Waals surface area (Å²) >= 11 is 1.51. The fraction of sp³-hybridized carbons (Fsp3) is 0.259. The van der Waals surface area contributed by atoms with Gasteiger partial charge in [0.2, 0.25) is 0 Å². The lowest BCUT2D eigenvalue weighted by Crippen LogP contribution is -2.44. The summed E-state index contributed by atoms with van der Waals surface area (Å²) in [5, 5.41) is 3.58. The first-order valence-electron chi connectivity index (χ1n) is 11.7. The SMILES string of the molecule is CN1CCN(c2ccc(-c3nc4ccc(C(=O)NCc5cccc(C(F)(F)F)c5)cc4s3)cc2)CC1. The Morgan fingerprint density at radius 2 is 1.75 bits per heavy atom. The molecule has 1 saturated heterocycles. The van der Waals surface area contributed by atoms with Crippen LogP contribution >= 0.6 is 11.3 Å². The molecule has 2 heterocycles. The number of carbonyl (C=O) groups is 1. The van der Waals surface area contributed by atoms with E-state index in [-0.39, 0.29) is 12.5 Å². The molecule has 0 spiro atoms. The van der Waals surface area contributed by atoms with Crippen LogP contribution in [0.5, 0.6) is 0 Å². The number of likely N-dealkylation sites (N-methyl/N-ethyl adjacent to an activating group) is 1. The Kier molecular flexibility index (Phi) is 6.68. The maximum atomic E-state index is 12.9. The number of rotatable bonds is 5. The van der Waals surface area contributed by atoms with Crippen molar-refractivity contribution in [3.05, 3.63) is 83.4 Å². The molecule has 0 radical (unpaired) electrons. The van der Waals surface area contributed by atoms with Crippen LogP contribution in [-0.2, 0) is 12.7 Å². The first-order chi connectivity index (χ1) is 17.3. The van der Waals surface area contributed by atoms with E-state index < -0.39 is 11.7 Å². The molecule has 5 rings (SSSR count). The van der Waals surface area contributed by atoms with Crippen molar-refractivity contribution < 1.29 is 18.0 Å². The van der Waals surface area contributed by atoms with Crippen molar-refractivity contribution >= 4 is 33.1 Å². The van der Waals surface area contributed by atoms with Gasteiger partial charge in [-0.05, 0) is 67.2 Å². The average Bonchev–Trinajstić information content (AvgIpc) is 3.31. The summed E-state index contributed by atoms with van der Waals surface area (Å²) in [6.07, 6.45) is -4.42. The van der Waals surface area contributed by atoms with Gasteiger partial charge in [0.05, 0.1) is 15.8 Å².